The van der Waals surface area contributed by atoms with Crippen molar-refractivity contribution in [2.24, 2.45) is 0 Å². The average molecular weight is 579 g/mol. The molecule has 0 radical (unpaired) electrons. The predicted octanol–water partition coefficient (Wildman–Crippen LogP) is 10.6. The van der Waals surface area contributed by atoms with Crippen LogP contribution < -0.4 is 9.26 Å². The largest absolute Gasteiger partial charge is 0.493 e. The summed E-state index contributed by atoms with van der Waals surface area (Å²) in [5.74, 6) is 1.25. The number of benzene rings is 3. The van der Waals surface area contributed by atoms with Gasteiger partial charge in [-0.3, -0.25) is 0 Å². The predicted molar refractivity (Wildman–Crippen MR) is 175 cm³/mol. The van der Waals surface area contributed by atoms with Gasteiger partial charge in [0.2, 0.25) is 0 Å². The Labute approximate surface area is 250 Å². The first kappa shape index (κ1) is 33.1. The molecule has 0 fully saturated rings. The monoisotopic (exact) mass is 578 g/mol. The second kappa shape index (κ2) is 14.2. The van der Waals surface area contributed by atoms with Crippen LogP contribution in [0.25, 0.3) is 22.3 Å². The van der Waals surface area contributed by atoms with Crippen LogP contribution in [0.1, 0.15) is 109 Å². The van der Waals surface area contributed by atoms with Crippen LogP contribution >= 0.6 is 8.60 Å². The van der Waals surface area contributed by atoms with Crippen molar-refractivity contribution >= 4 is 8.60 Å². The van der Waals surface area contributed by atoms with E-state index in [-0.39, 0.29) is 10.8 Å². The zero-order valence-electron chi connectivity index (χ0n) is 26.7. The smallest absolute Gasteiger partial charge is 0.391 e. The Morgan fingerprint density at radius 3 is 1.56 bits per heavy atom. The van der Waals surface area contributed by atoms with Crippen LogP contribution in [0.2, 0.25) is 0 Å². The molecule has 0 saturated carbocycles. The number of hydrogen-bond donors (Lipinski definition) is 2. The molecule has 4 nitrogen and oxygen atoms in total. The number of unbranched alkanes of at least 4 members (excludes halogenated alkanes) is 5. The summed E-state index contributed by atoms with van der Waals surface area (Å²) in [5.41, 5.74) is 8.29. The summed E-state index contributed by atoms with van der Waals surface area (Å²) in [5, 5.41) is 0. The SMILES string of the molecule is CCCCCCCCOc1ccc(OP(O)O)c(-c2c(C)cccc2C(C)(C)C)c1-c1c(C)cccc1C(C)(C)C. The van der Waals surface area contributed by atoms with Crippen molar-refractivity contribution in [1.29, 1.82) is 0 Å². The second-order valence-electron chi connectivity index (χ2n) is 13.3. The quantitative estimate of drug-likeness (QED) is 0.166. The van der Waals surface area contributed by atoms with Gasteiger partial charge in [0.1, 0.15) is 11.5 Å². The maximum Gasteiger partial charge on any atom is 0.391 e. The van der Waals surface area contributed by atoms with E-state index >= 15 is 0 Å². The van der Waals surface area contributed by atoms with Crippen LogP contribution in [0, 0.1) is 13.8 Å². The molecule has 224 valence electrons. The molecule has 3 aromatic rings. The first-order chi connectivity index (χ1) is 19.3. The van der Waals surface area contributed by atoms with E-state index in [1.165, 1.54) is 36.8 Å². The topological polar surface area (TPSA) is 58.9 Å². The Hall–Kier alpha value is -2.39. The Morgan fingerprint density at radius 2 is 1.07 bits per heavy atom. The Kier molecular flexibility index (Phi) is 11.5. The van der Waals surface area contributed by atoms with E-state index in [4.69, 9.17) is 9.26 Å². The maximum absolute atomic E-state index is 10.1. The molecule has 3 rings (SSSR count). The van der Waals surface area contributed by atoms with Gasteiger partial charge in [-0.25, -0.2) is 0 Å². The molecule has 0 atom stereocenters. The zero-order chi connectivity index (χ0) is 30.4. The van der Waals surface area contributed by atoms with Crippen LogP contribution in [-0.2, 0) is 10.8 Å². The van der Waals surface area contributed by atoms with Crippen LogP contribution in [0.3, 0.4) is 0 Å². The summed E-state index contributed by atoms with van der Waals surface area (Å²) in [6.07, 6.45) is 7.15. The van der Waals surface area contributed by atoms with Gasteiger partial charge in [-0.2, -0.15) is 0 Å². The van der Waals surface area contributed by atoms with Crippen molar-refractivity contribution < 1.29 is 19.0 Å². The average Bonchev–Trinajstić information content (AvgIpc) is 2.87. The van der Waals surface area contributed by atoms with E-state index < -0.39 is 8.60 Å². The summed E-state index contributed by atoms with van der Waals surface area (Å²) >= 11 is 0. The molecule has 0 aliphatic heterocycles. The van der Waals surface area contributed by atoms with Gasteiger partial charge in [0.05, 0.1) is 6.61 Å². The molecular formula is C36H51O4P. The lowest BCUT2D eigenvalue weighted by atomic mass is 9.75. The molecule has 3 aromatic carbocycles. The van der Waals surface area contributed by atoms with Gasteiger partial charge in [0.15, 0.2) is 0 Å². The number of aryl methyl sites for hydroxylation is 2. The highest BCUT2D eigenvalue weighted by molar-refractivity contribution is 7.39. The zero-order valence-corrected chi connectivity index (χ0v) is 27.6. The minimum Gasteiger partial charge on any atom is -0.493 e. The molecule has 0 aliphatic rings. The summed E-state index contributed by atoms with van der Waals surface area (Å²) in [6.45, 7) is 20.5. The summed E-state index contributed by atoms with van der Waals surface area (Å²) in [4.78, 5) is 20.1. The lowest BCUT2D eigenvalue weighted by Crippen LogP contribution is -2.16. The number of hydrogen-bond acceptors (Lipinski definition) is 4. The van der Waals surface area contributed by atoms with Gasteiger partial charge in [-0.1, -0.05) is 117 Å². The third-order valence-electron chi connectivity index (χ3n) is 7.73. The highest BCUT2D eigenvalue weighted by atomic mass is 31.2. The third-order valence-corrected chi connectivity index (χ3v) is 8.09. The van der Waals surface area contributed by atoms with Crippen molar-refractivity contribution in [3.05, 3.63) is 70.8 Å². The lowest BCUT2D eigenvalue weighted by molar-refractivity contribution is 0.305. The fraction of sp³-hybridized carbons (Fsp3) is 0.500. The van der Waals surface area contributed by atoms with E-state index in [0.717, 1.165) is 52.0 Å². The van der Waals surface area contributed by atoms with Gasteiger partial charge >= 0.3 is 8.60 Å². The van der Waals surface area contributed by atoms with Gasteiger partial charge in [-0.15, -0.1) is 0 Å². The van der Waals surface area contributed by atoms with Crippen LogP contribution in [0.15, 0.2) is 48.5 Å². The van der Waals surface area contributed by atoms with Crippen molar-refractivity contribution in [2.75, 3.05) is 6.61 Å². The standard InChI is InChI=1S/C36H51O4P/c1-10-11-12-13-14-15-24-39-29-22-23-30(40-41(37)38)34(32-26(3)19-17-21-28(32)36(7,8)9)33(29)31-25(2)18-16-20-27(31)35(4,5)6/h16-23,37-38H,10-15,24H2,1-9H3. The molecule has 2 N–H and O–H groups in total. The number of ether oxygens (including phenoxy) is 1. The minimum atomic E-state index is -2.62. The Balaban J connectivity index is 2.37. The van der Waals surface area contributed by atoms with Gasteiger partial charge in [0, 0.05) is 11.1 Å². The van der Waals surface area contributed by atoms with Gasteiger partial charge in [-0.05, 0) is 76.6 Å². The van der Waals surface area contributed by atoms with Crippen molar-refractivity contribution in [2.45, 2.75) is 112 Å². The van der Waals surface area contributed by atoms with E-state index in [2.05, 4.69) is 98.7 Å². The highest BCUT2D eigenvalue weighted by Crippen LogP contribution is 2.53. The van der Waals surface area contributed by atoms with E-state index in [9.17, 15) is 9.79 Å². The highest BCUT2D eigenvalue weighted by Gasteiger charge is 2.30. The first-order valence-electron chi connectivity index (χ1n) is 15.1. The molecule has 0 unspecified atom stereocenters. The van der Waals surface area contributed by atoms with Crippen molar-refractivity contribution in [3.63, 3.8) is 0 Å². The maximum atomic E-state index is 10.1. The van der Waals surface area contributed by atoms with Crippen molar-refractivity contribution in [1.82, 2.24) is 0 Å². The molecular weight excluding hydrogens is 527 g/mol. The fourth-order valence-electron chi connectivity index (χ4n) is 5.66. The first-order valence-corrected chi connectivity index (χ1v) is 16.3. The van der Waals surface area contributed by atoms with Crippen LogP contribution in [0.4, 0.5) is 0 Å². The fourth-order valence-corrected chi connectivity index (χ4v) is 5.99. The number of rotatable bonds is 12. The molecule has 0 saturated heterocycles. The van der Waals surface area contributed by atoms with Crippen LogP contribution in [-0.4, -0.2) is 16.4 Å². The summed E-state index contributed by atoms with van der Waals surface area (Å²) < 4.78 is 12.4. The third kappa shape index (κ3) is 8.34. The molecule has 41 heavy (non-hydrogen) atoms. The molecule has 0 bridgehead atoms. The minimum absolute atomic E-state index is 0.134. The van der Waals surface area contributed by atoms with Crippen molar-refractivity contribution in [3.8, 4) is 33.8 Å². The molecule has 0 aromatic heterocycles. The molecule has 5 heteroatoms. The molecule has 0 spiro atoms. The Bertz CT molecular complexity index is 1300. The van der Waals surface area contributed by atoms with E-state index in [1.807, 2.05) is 12.1 Å². The molecule has 0 amide bonds. The molecule has 0 aliphatic carbocycles. The van der Waals surface area contributed by atoms with E-state index in [0.29, 0.717) is 12.4 Å². The summed E-state index contributed by atoms with van der Waals surface area (Å²) in [6, 6.07) is 16.6. The Morgan fingerprint density at radius 1 is 0.610 bits per heavy atom. The second-order valence-corrected chi connectivity index (χ2v) is 14.0. The molecule has 0 heterocycles. The van der Waals surface area contributed by atoms with Crippen LogP contribution in [0.5, 0.6) is 11.5 Å². The normalized spacial score (nSPS) is 12.2. The lowest BCUT2D eigenvalue weighted by Gasteiger charge is -2.30. The van der Waals surface area contributed by atoms with Gasteiger partial charge in [0.25, 0.3) is 0 Å². The summed E-state index contributed by atoms with van der Waals surface area (Å²) in [7, 11) is -2.62. The van der Waals surface area contributed by atoms with Gasteiger partial charge < -0.3 is 19.0 Å². The van der Waals surface area contributed by atoms with E-state index in [1.54, 1.807) is 0 Å².